The molecule has 0 aliphatic heterocycles. The van der Waals surface area contributed by atoms with Crippen molar-refractivity contribution < 1.29 is 9.90 Å². The molecule has 0 aliphatic carbocycles. The summed E-state index contributed by atoms with van der Waals surface area (Å²) in [6.07, 6.45) is 0. The maximum atomic E-state index is 10.6. The van der Waals surface area contributed by atoms with Gasteiger partial charge in [-0.3, -0.25) is 4.90 Å². The van der Waals surface area contributed by atoms with Crippen LogP contribution in [0.15, 0.2) is 12.2 Å². The Morgan fingerprint density at radius 2 is 1.92 bits per heavy atom. The molecule has 0 saturated heterocycles. The van der Waals surface area contributed by atoms with Crippen LogP contribution in [0, 0.1) is 0 Å². The van der Waals surface area contributed by atoms with Crippen molar-refractivity contribution in [2.75, 3.05) is 13.1 Å². The second kappa shape index (κ2) is 4.93. The van der Waals surface area contributed by atoms with Crippen LogP contribution in [-0.2, 0) is 4.79 Å². The number of likely N-dealkylation sites (N-methyl/N-ethyl adjacent to an activating group) is 1. The molecule has 0 amide bonds. The summed E-state index contributed by atoms with van der Waals surface area (Å²) in [4.78, 5) is 12.6. The smallest absolute Gasteiger partial charge is 0.332 e. The van der Waals surface area contributed by atoms with Gasteiger partial charge >= 0.3 is 5.97 Å². The molecule has 0 radical (unpaired) electrons. The molecule has 1 atom stereocenters. The molecule has 0 aromatic rings. The van der Waals surface area contributed by atoms with Crippen molar-refractivity contribution in [3.8, 4) is 0 Å². The molecule has 0 heterocycles. The van der Waals surface area contributed by atoms with Crippen LogP contribution in [0.25, 0.3) is 0 Å². The molecule has 0 spiro atoms. The van der Waals surface area contributed by atoms with Crippen molar-refractivity contribution in [1.29, 1.82) is 0 Å². The largest absolute Gasteiger partial charge is 0.478 e. The lowest BCUT2D eigenvalue weighted by Crippen LogP contribution is -2.35. The molecule has 0 bridgehead atoms. The maximum Gasteiger partial charge on any atom is 0.332 e. The van der Waals surface area contributed by atoms with Gasteiger partial charge in [-0.25, -0.2) is 4.79 Å². The van der Waals surface area contributed by atoms with E-state index < -0.39 is 5.97 Å². The van der Waals surface area contributed by atoms with E-state index in [1.54, 1.807) is 0 Å². The number of hydrogen-bond donors (Lipinski definition) is 1. The summed E-state index contributed by atoms with van der Waals surface area (Å²) in [7, 11) is 0. The highest BCUT2D eigenvalue weighted by Crippen LogP contribution is 2.07. The highest BCUT2D eigenvalue weighted by Gasteiger charge is 2.17. The number of nitrogens with zero attached hydrogens (tertiary/aromatic N) is 1. The first-order chi connectivity index (χ1) is 5.54. The number of carboxylic acid groups (broad SMARTS) is 1. The average Bonchev–Trinajstić information content (AvgIpc) is 2.05. The van der Waals surface area contributed by atoms with Crippen LogP contribution in [0.3, 0.4) is 0 Å². The minimum atomic E-state index is -0.908. The van der Waals surface area contributed by atoms with Gasteiger partial charge in [-0.2, -0.15) is 0 Å². The van der Waals surface area contributed by atoms with E-state index in [0.29, 0.717) is 0 Å². The van der Waals surface area contributed by atoms with Crippen LogP contribution in [0.4, 0.5) is 0 Å². The third kappa shape index (κ3) is 2.66. The van der Waals surface area contributed by atoms with Crippen molar-refractivity contribution in [2.45, 2.75) is 26.8 Å². The molecule has 1 unspecified atom stereocenters. The Kier molecular flexibility index (Phi) is 4.59. The minimum absolute atomic E-state index is 0.0718. The lowest BCUT2D eigenvalue weighted by molar-refractivity contribution is -0.133. The van der Waals surface area contributed by atoms with Gasteiger partial charge in [0, 0.05) is 11.6 Å². The Morgan fingerprint density at radius 3 is 2.17 bits per heavy atom. The molecule has 0 rings (SSSR count). The third-order valence-corrected chi connectivity index (χ3v) is 2.14. The predicted molar refractivity (Wildman–Crippen MR) is 49.2 cm³/mol. The molecule has 1 N–H and O–H groups in total. The Labute approximate surface area is 73.7 Å². The minimum Gasteiger partial charge on any atom is -0.478 e. The standard InChI is InChI=1S/C9H17NO2/c1-5-10(6-2)8(4)7(3)9(11)12/h8H,3,5-6H2,1-2,4H3,(H,11,12). The summed E-state index contributed by atoms with van der Waals surface area (Å²) in [5, 5.41) is 8.67. The van der Waals surface area contributed by atoms with E-state index in [1.807, 2.05) is 20.8 Å². The van der Waals surface area contributed by atoms with E-state index in [2.05, 4.69) is 11.5 Å². The molecular formula is C9H17NO2. The molecule has 0 saturated carbocycles. The average molecular weight is 171 g/mol. The monoisotopic (exact) mass is 171 g/mol. The first-order valence-corrected chi connectivity index (χ1v) is 4.20. The lowest BCUT2D eigenvalue weighted by Gasteiger charge is -2.26. The van der Waals surface area contributed by atoms with Crippen molar-refractivity contribution in [3.63, 3.8) is 0 Å². The molecule has 0 aromatic heterocycles. The van der Waals surface area contributed by atoms with E-state index >= 15 is 0 Å². The van der Waals surface area contributed by atoms with Crippen molar-refractivity contribution in [2.24, 2.45) is 0 Å². The number of aliphatic carboxylic acids is 1. The molecule has 12 heavy (non-hydrogen) atoms. The Hall–Kier alpha value is -0.830. The van der Waals surface area contributed by atoms with Gasteiger partial charge in [0.05, 0.1) is 0 Å². The fraction of sp³-hybridized carbons (Fsp3) is 0.667. The van der Waals surface area contributed by atoms with Gasteiger partial charge < -0.3 is 5.11 Å². The van der Waals surface area contributed by atoms with Gasteiger partial charge in [-0.05, 0) is 20.0 Å². The van der Waals surface area contributed by atoms with Gasteiger partial charge in [0.15, 0.2) is 0 Å². The van der Waals surface area contributed by atoms with Gasteiger partial charge in [0.2, 0.25) is 0 Å². The molecule has 3 heteroatoms. The van der Waals surface area contributed by atoms with Crippen LogP contribution >= 0.6 is 0 Å². The molecule has 0 fully saturated rings. The van der Waals surface area contributed by atoms with Crippen LogP contribution in [0.2, 0.25) is 0 Å². The van der Waals surface area contributed by atoms with E-state index in [1.165, 1.54) is 0 Å². The van der Waals surface area contributed by atoms with Gasteiger partial charge in [0.1, 0.15) is 0 Å². The number of carboxylic acids is 1. The summed E-state index contributed by atoms with van der Waals surface area (Å²) >= 11 is 0. The SMILES string of the molecule is C=C(C(=O)O)C(C)N(CC)CC. The topological polar surface area (TPSA) is 40.5 Å². The zero-order valence-corrected chi connectivity index (χ0v) is 8.00. The highest BCUT2D eigenvalue weighted by molar-refractivity contribution is 5.87. The quantitative estimate of drug-likeness (QED) is 0.635. The summed E-state index contributed by atoms with van der Waals surface area (Å²) in [5.41, 5.74) is 0.263. The van der Waals surface area contributed by atoms with E-state index in [9.17, 15) is 4.79 Å². The van der Waals surface area contributed by atoms with Gasteiger partial charge in [-0.1, -0.05) is 20.4 Å². The first kappa shape index (κ1) is 11.2. The van der Waals surface area contributed by atoms with Crippen LogP contribution < -0.4 is 0 Å². The third-order valence-electron chi connectivity index (χ3n) is 2.14. The zero-order valence-electron chi connectivity index (χ0n) is 8.00. The molecule has 70 valence electrons. The fourth-order valence-electron chi connectivity index (χ4n) is 1.17. The summed E-state index contributed by atoms with van der Waals surface area (Å²) in [5.74, 6) is -0.908. The van der Waals surface area contributed by atoms with Gasteiger partial charge in [0.25, 0.3) is 0 Å². The molecule has 0 aromatic carbocycles. The maximum absolute atomic E-state index is 10.6. The fourth-order valence-corrected chi connectivity index (χ4v) is 1.17. The van der Waals surface area contributed by atoms with Crippen molar-refractivity contribution in [3.05, 3.63) is 12.2 Å². The van der Waals surface area contributed by atoms with E-state index in [0.717, 1.165) is 13.1 Å². The zero-order chi connectivity index (χ0) is 9.72. The second-order valence-corrected chi connectivity index (χ2v) is 2.73. The number of hydrogen-bond acceptors (Lipinski definition) is 2. The Bertz CT molecular complexity index is 173. The Morgan fingerprint density at radius 1 is 1.50 bits per heavy atom. The first-order valence-electron chi connectivity index (χ1n) is 4.20. The molecule has 3 nitrogen and oxygen atoms in total. The molecule has 0 aliphatic rings. The van der Waals surface area contributed by atoms with Crippen molar-refractivity contribution >= 4 is 5.97 Å². The van der Waals surface area contributed by atoms with E-state index in [4.69, 9.17) is 5.11 Å². The lowest BCUT2D eigenvalue weighted by atomic mass is 10.1. The normalized spacial score (nSPS) is 13.0. The number of carbonyl (C=O) groups is 1. The summed E-state index contributed by atoms with van der Waals surface area (Å²) < 4.78 is 0. The van der Waals surface area contributed by atoms with Crippen LogP contribution in [0.5, 0.6) is 0 Å². The van der Waals surface area contributed by atoms with Crippen molar-refractivity contribution in [1.82, 2.24) is 4.90 Å². The predicted octanol–water partition coefficient (Wildman–Crippen LogP) is 1.36. The van der Waals surface area contributed by atoms with Crippen LogP contribution in [0.1, 0.15) is 20.8 Å². The molecular weight excluding hydrogens is 154 g/mol. The van der Waals surface area contributed by atoms with E-state index in [-0.39, 0.29) is 11.6 Å². The number of rotatable bonds is 5. The Balaban J connectivity index is 4.25. The second-order valence-electron chi connectivity index (χ2n) is 2.73. The summed E-state index contributed by atoms with van der Waals surface area (Å²) in [6.45, 7) is 11.1. The summed E-state index contributed by atoms with van der Waals surface area (Å²) in [6, 6.07) is -0.0718. The highest BCUT2D eigenvalue weighted by atomic mass is 16.4. The van der Waals surface area contributed by atoms with Crippen LogP contribution in [-0.4, -0.2) is 35.1 Å². The van der Waals surface area contributed by atoms with Gasteiger partial charge in [-0.15, -0.1) is 0 Å².